The summed E-state index contributed by atoms with van der Waals surface area (Å²) in [5.41, 5.74) is -0.526. The van der Waals surface area contributed by atoms with Gasteiger partial charge >= 0.3 is 61.6 Å². The number of amides is 2. The van der Waals surface area contributed by atoms with Gasteiger partial charge in [-0.15, -0.1) is 24.0 Å². The van der Waals surface area contributed by atoms with Gasteiger partial charge in [-0.3, -0.25) is 10.6 Å². The predicted octanol–water partition coefficient (Wildman–Crippen LogP) is 10.2. The Hall–Kier alpha value is -0.586. The molecule has 0 unspecified atom stereocenters. The number of aliphatic hydroxyl groups is 1. The van der Waals surface area contributed by atoms with E-state index in [1.165, 1.54) is 0 Å². The third-order valence-electron chi connectivity index (χ3n) is 6.36. The second kappa shape index (κ2) is 17.7. The Labute approximate surface area is 321 Å². The predicted molar refractivity (Wildman–Crippen MR) is 204 cm³/mol. The molecule has 0 spiro atoms. The van der Waals surface area contributed by atoms with Gasteiger partial charge in [0.05, 0.1) is 11.4 Å². The van der Waals surface area contributed by atoms with E-state index in [2.05, 4.69) is 74.3 Å². The van der Waals surface area contributed by atoms with Gasteiger partial charge in [-0.2, -0.15) is 0 Å². The zero-order valence-corrected chi connectivity index (χ0v) is 34.9. The number of carbonyl (C=O) groups is 2. The first-order chi connectivity index (χ1) is 20.5. The van der Waals surface area contributed by atoms with E-state index in [0.717, 1.165) is 31.2 Å². The Kier molecular flexibility index (Phi) is 16.0. The van der Waals surface area contributed by atoms with Crippen molar-refractivity contribution in [3.8, 4) is 23.7 Å². The van der Waals surface area contributed by atoms with Crippen LogP contribution >= 0.6 is 87.1 Å². The molecule has 2 amide bonds. The molecule has 0 radical (unpaired) electrons. The summed E-state index contributed by atoms with van der Waals surface area (Å²) in [7, 11) is 0.628. The Morgan fingerprint density at radius 3 is 2.20 bits per heavy atom. The number of benzene rings is 2. The molecule has 0 bridgehead atoms. The van der Waals surface area contributed by atoms with E-state index in [0.29, 0.717) is 48.3 Å². The van der Waals surface area contributed by atoms with E-state index >= 15 is 0 Å². The fourth-order valence-electron chi connectivity index (χ4n) is 3.94. The van der Waals surface area contributed by atoms with Crippen molar-refractivity contribution in [2.24, 2.45) is 11.8 Å². The van der Waals surface area contributed by atoms with Crippen molar-refractivity contribution in [1.29, 1.82) is 0 Å². The first kappa shape index (κ1) is 40.6. The molecule has 2 aromatic carbocycles. The van der Waals surface area contributed by atoms with Gasteiger partial charge in [0.15, 0.2) is 5.60 Å². The molecule has 1 aliphatic heterocycles. The first-order valence-corrected chi connectivity index (χ1v) is 23.6. The average molecular weight is 1030 g/mol. The molecule has 5 rings (SSSR count). The number of carbonyl (C=O) groups excluding carboxylic acids is 2. The first-order valence-electron chi connectivity index (χ1n) is 13.9. The van der Waals surface area contributed by atoms with Crippen LogP contribution in [0.3, 0.4) is 0 Å². The molecule has 7 nitrogen and oxygen atoms in total. The van der Waals surface area contributed by atoms with E-state index in [-0.39, 0.29) is 24.0 Å². The van der Waals surface area contributed by atoms with Crippen LogP contribution in [0.25, 0.3) is 0 Å². The summed E-state index contributed by atoms with van der Waals surface area (Å²) in [5.74, 6) is 13.0. The van der Waals surface area contributed by atoms with Gasteiger partial charge in [-0.25, -0.2) is 9.59 Å². The number of hydrogen-bond acceptors (Lipinski definition) is 5. The summed E-state index contributed by atoms with van der Waals surface area (Å²) in [6.45, 7) is 8.75. The number of fused-ring (bicyclic) bond motifs is 1. The van der Waals surface area contributed by atoms with Crippen molar-refractivity contribution in [1.82, 2.24) is 0 Å². The zero-order chi connectivity index (χ0) is 32.7. The van der Waals surface area contributed by atoms with Gasteiger partial charge in [0.1, 0.15) is 11.2 Å². The summed E-state index contributed by atoms with van der Waals surface area (Å²) >= 11 is 16.8. The van der Waals surface area contributed by atoms with Crippen molar-refractivity contribution in [3.05, 3.63) is 57.6 Å². The van der Waals surface area contributed by atoms with E-state index in [9.17, 15) is 14.7 Å². The van der Waals surface area contributed by atoms with Crippen LogP contribution in [0.5, 0.6) is 0 Å². The van der Waals surface area contributed by atoms with E-state index in [1.54, 1.807) is 71.0 Å². The van der Waals surface area contributed by atoms with Crippen LogP contribution < -0.4 is 10.6 Å². The van der Waals surface area contributed by atoms with Crippen LogP contribution in [-0.2, 0) is 30.1 Å². The van der Waals surface area contributed by atoms with Gasteiger partial charge in [0.2, 0.25) is 0 Å². The third kappa shape index (κ3) is 13.8. The van der Waals surface area contributed by atoms with Crippen molar-refractivity contribution in [2.45, 2.75) is 77.1 Å². The fourth-order valence-corrected chi connectivity index (χ4v) is 4.28. The molecular weight excluding hydrogens is 995 g/mol. The monoisotopic (exact) mass is 1030 g/mol. The standard InChI is InChI=1S/C18H22ClNO3.C14H12ClNO2.3HI.V/c1-17(2,3)23-16(21)20-15-8-7-13(19)11-14(15)18(4,22)10-9-12-5-6-12;1-14(7-6-9-2-3-9)11-8-10(15)4-5-12(11)16-13(17)18-14;;;;/h7-8,11-12,22H,5-6H2,1-4H3,(H,20,21);4-5,8-9H,2-3H2,1H3,(H,16,17);3*1H;/q;;;;;+2/p-2/t18-;14-;;;;/m00..../s1. The Morgan fingerprint density at radius 1 is 1.07 bits per heavy atom. The van der Waals surface area contributed by atoms with Gasteiger partial charge in [-0.05, 0) is 96.7 Å². The number of ether oxygens (including phenoxy) is 2. The molecule has 2 aromatic rings. The van der Waals surface area contributed by atoms with Gasteiger partial charge in [0.25, 0.3) is 0 Å². The molecular formula is C32H35Cl2I3N2O5V. The summed E-state index contributed by atoms with van der Waals surface area (Å²) in [5, 5.41) is 17.1. The normalized spacial score (nSPS) is 19.0. The average Bonchev–Trinajstić information content (AvgIpc) is 3.83. The number of cyclic esters (lactones) is 1. The Bertz CT molecular complexity index is 1510. The topological polar surface area (TPSA) is 96.9 Å². The molecule has 13 heteroatoms. The third-order valence-corrected chi connectivity index (χ3v) is 6.83. The van der Waals surface area contributed by atoms with Gasteiger partial charge < -0.3 is 14.6 Å². The second-order valence-corrected chi connectivity index (χ2v) is 24.4. The van der Waals surface area contributed by atoms with Crippen LogP contribution in [0.2, 0.25) is 10.0 Å². The summed E-state index contributed by atoms with van der Waals surface area (Å²) in [6.07, 6.45) is 3.35. The summed E-state index contributed by atoms with van der Waals surface area (Å²) in [4.78, 5) is 23.5. The molecule has 2 aliphatic carbocycles. The minimum absolute atomic E-state index is 0. The van der Waals surface area contributed by atoms with E-state index < -0.39 is 29.0 Å². The molecule has 2 atom stereocenters. The summed E-state index contributed by atoms with van der Waals surface area (Å²) in [6, 6.07) is 10.2. The molecule has 2 fully saturated rings. The zero-order valence-electron chi connectivity index (χ0n) is 25.4. The molecule has 243 valence electrons. The number of rotatable bonds is 2. The van der Waals surface area contributed by atoms with Crippen LogP contribution in [0, 0.1) is 35.5 Å². The maximum absolute atomic E-state index is 12.0. The second-order valence-electron chi connectivity index (χ2n) is 11.8. The van der Waals surface area contributed by atoms with E-state index in [4.69, 9.17) is 32.7 Å². The van der Waals surface area contributed by atoms with Crippen LogP contribution in [-0.4, -0.2) is 22.9 Å². The Balaban J connectivity index is 0.000000288. The maximum atomic E-state index is 12.0. The molecule has 2 saturated carbocycles. The van der Waals surface area contributed by atoms with Crippen LogP contribution in [0.1, 0.15) is 71.4 Å². The molecule has 3 aliphatic rings. The van der Waals surface area contributed by atoms with Crippen molar-refractivity contribution < 1.29 is 33.6 Å². The van der Waals surface area contributed by atoms with Gasteiger partial charge in [0, 0.05) is 33.0 Å². The molecule has 0 aromatic heterocycles. The number of nitrogens with one attached hydrogen (secondary N) is 2. The Morgan fingerprint density at radius 2 is 1.62 bits per heavy atom. The fraction of sp³-hybridized carbons (Fsp3) is 0.438. The van der Waals surface area contributed by atoms with Gasteiger partial charge in [-0.1, -0.05) is 46.9 Å². The molecule has 0 saturated heterocycles. The SMILES string of the molecule is CC(C)(C)OC(=O)Nc1ccc(Cl)cc1[C@@](C)(O)C#CC1CC1.C[C@@]1(C#CC2CC2)OC(=O)Nc2ccc(Cl)cc21.I.[I][V][I]. The summed E-state index contributed by atoms with van der Waals surface area (Å²) < 4.78 is 10.6. The van der Waals surface area contributed by atoms with Crippen molar-refractivity contribution >= 4 is 111 Å². The number of anilines is 2. The minimum atomic E-state index is -1.40. The van der Waals surface area contributed by atoms with Crippen LogP contribution in [0.4, 0.5) is 21.0 Å². The van der Waals surface area contributed by atoms with Crippen LogP contribution in [0.15, 0.2) is 36.4 Å². The van der Waals surface area contributed by atoms with Crippen molar-refractivity contribution in [3.63, 3.8) is 0 Å². The van der Waals surface area contributed by atoms with E-state index in [1.807, 2.05) is 0 Å². The quantitative estimate of drug-likeness (QED) is 0.206. The molecule has 3 N–H and O–H groups in total. The molecule has 45 heavy (non-hydrogen) atoms. The molecule has 1 heterocycles. The number of hydrogen-bond donors (Lipinski definition) is 3. The van der Waals surface area contributed by atoms with Crippen molar-refractivity contribution in [2.75, 3.05) is 10.6 Å². The number of halogens is 5.